The molecule has 2 amide bonds. The minimum Gasteiger partial charge on any atom is -0.507 e. The topological polar surface area (TPSA) is 60.9 Å². The van der Waals surface area contributed by atoms with Crippen LogP contribution in [-0.2, 0) is 4.79 Å². The first kappa shape index (κ1) is 16.1. The highest BCUT2D eigenvalue weighted by atomic mass is 35.5. The summed E-state index contributed by atoms with van der Waals surface area (Å²) in [5.41, 5.74) is 0.188. The molecular formula is C17H21ClN2O3. The largest absolute Gasteiger partial charge is 0.507 e. The number of piperazine rings is 1. The third-order valence-corrected chi connectivity index (χ3v) is 4.99. The van der Waals surface area contributed by atoms with E-state index in [1.54, 1.807) is 6.07 Å². The maximum absolute atomic E-state index is 12.5. The predicted octanol–water partition coefficient (Wildman–Crippen LogP) is 2.66. The van der Waals surface area contributed by atoms with Gasteiger partial charge in [-0.3, -0.25) is 9.59 Å². The molecule has 1 saturated heterocycles. The zero-order valence-electron chi connectivity index (χ0n) is 13.0. The Morgan fingerprint density at radius 2 is 1.91 bits per heavy atom. The number of phenols is 1. The Balaban J connectivity index is 1.67. The molecule has 0 unspecified atom stereocenters. The lowest BCUT2D eigenvalue weighted by atomic mass is 9.93. The highest BCUT2D eigenvalue weighted by Crippen LogP contribution is 2.26. The summed E-state index contributed by atoms with van der Waals surface area (Å²) in [6, 6.07) is 4.74. The number of nitrogens with zero attached hydrogens (tertiary/aromatic N) is 2. The molecule has 2 aliphatic rings. The van der Waals surface area contributed by atoms with Crippen LogP contribution in [0.25, 0.3) is 0 Å². The molecule has 3 rings (SSSR count). The van der Waals surface area contributed by atoms with E-state index in [2.05, 4.69) is 0 Å². The van der Waals surface area contributed by atoms with Gasteiger partial charge in [0.2, 0.25) is 5.91 Å². The van der Waals surface area contributed by atoms with Crippen LogP contribution in [0, 0.1) is 0 Å². The predicted molar refractivity (Wildman–Crippen MR) is 87.6 cm³/mol. The number of hydrogen-bond donors (Lipinski definition) is 1. The van der Waals surface area contributed by atoms with Crippen LogP contribution >= 0.6 is 11.6 Å². The Morgan fingerprint density at radius 1 is 1.17 bits per heavy atom. The maximum Gasteiger partial charge on any atom is 0.258 e. The summed E-state index contributed by atoms with van der Waals surface area (Å²) in [5.74, 6) is -0.467. The van der Waals surface area contributed by atoms with Crippen LogP contribution in [0.5, 0.6) is 5.75 Å². The van der Waals surface area contributed by atoms with Crippen molar-refractivity contribution in [1.29, 1.82) is 0 Å². The summed E-state index contributed by atoms with van der Waals surface area (Å²) in [7, 11) is 0. The van der Waals surface area contributed by atoms with Crippen LogP contribution < -0.4 is 0 Å². The smallest absolute Gasteiger partial charge is 0.258 e. The number of rotatable bonds is 2. The lowest BCUT2D eigenvalue weighted by Crippen LogP contribution is -2.55. The summed E-state index contributed by atoms with van der Waals surface area (Å²) in [6.07, 6.45) is 5.74. The van der Waals surface area contributed by atoms with E-state index in [9.17, 15) is 14.7 Å². The lowest BCUT2D eigenvalue weighted by molar-refractivity contribution is -0.138. The van der Waals surface area contributed by atoms with Gasteiger partial charge in [0.25, 0.3) is 5.91 Å². The van der Waals surface area contributed by atoms with Gasteiger partial charge >= 0.3 is 0 Å². The Kier molecular flexibility index (Phi) is 4.76. The van der Waals surface area contributed by atoms with Crippen molar-refractivity contribution in [3.05, 3.63) is 28.8 Å². The quantitative estimate of drug-likeness (QED) is 0.903. The van der Waals surface area contributed by atoms with Crippen molar-refractivity contribution in [2.75, 3.05) is 19.6 Å². The number of carbonyl (C=O) groups is 2. The molecule has 23 heavy (non-hydrogen) atoms. The molecule has 1 aliphatic carbocycles. The highest BCUT2D eigenvalue weighted by Gasteiger charge is 2.33. The number of carbonyl (C=O) groups excluding carboxylic acids is 2. The summed E-state index contributed by atoms with van der Waals surface area (Å²) < 4.78 is 0. The van der Waals surface area contributed by atoms with Gasteiger partial charge in [-0.1, -0.05) is 30.9 Å². The average molecular weight is 337 g/mol. The molecular weight excluding hydrogens is 316 g/mol. The van der Waals surface area contributed by atoms with Crippen LogP contribution in [-0.4, -0.2) is 52.4 Å². The molecule has 0 radical (unpaired) electrons. The second-order valence-electron chi connectivity index (χ2n) is 6.27. The van der Waals surface area contributed by atoms with Crippen LogP contribution in [0.2, 0.25) is 5.02 Å². The molecule has 124 valence electrons. The third-order valence-electron chi connectivity index (χ3n) is 4.75. The fraction of sp³-hybridized carbons (Fsp3) is 0.529. The van der Waals surface area contributed by atoms with E-state index >= 15 is 0 Å². The van der Waals surface area contributed by atoms with E-state index < -0.39 is 0 Å². The van der Waals surface area contributed by atoms with Crippen molar-refractivity contribution in [2.45, 2.75) is 38.1 Å². The van der Waals surface area contributed by atoms with Gasteiger partial charge in [-0.05, 0) is 31.0 Å². The van der Waals surface area contributed by atoms with E-state index in [0.717, 1.165) is 12.8 Å². The van der Waals surface area contributed by atoms with Crippen molar-refractivity contribution < 1.29 is 14.7 Å². The molecule has 0 aromatic heterocycles. The normalized spacial score (nSPS) is 20.0. The van der Waals surface area contributed by atoms with Gasteiger partial charge in [-0.15, -0.1) is 0 Å². The number of phenolic OH excluding ortho intramolecular Hbond substituents is 1. The minimum absolute atomic E-state index is 0.00459. The van der Waals surface area contributed by atoms with Gasteiger partial charge in [0.15, 0.2) is 0 Å². The van der Waals surface area contributed by atoms with E-state index in [4.69, 9.17) is 11.6 Å². The zero-order chi connectivity index (χ0) is 16.4. The van der Waals surface area contributed by atoms with Crippen molar-refractivity contribution in [3.8, 4) is 5.75 Å². The molecule has 1 aromatic carbocycles. The summed E-state index contributed by atoms with van der Waals surface area (Å²) in [4.78, 5) is 28.4. The molecule has 6 heteroatoms. The molecule has 1 N–H and O–H groups in total. The Bertz CT molecular complexity index is 614. The number of benzene rings is 1. The maximum atomic E-state index is 12.5. The number of amides is 2. The third kappa shape index (κ3) is 3.44. The van der Waals surface area contributed by atoms with Crippen LogP contribution in [0.4, 0.5) is 0 Å². The van der Waals surface area contributed by atoms with Crippen molar-refractivity contribution >= 4 is 23.4 Å². The van der Waals surface area contributed by atoms with E-state index in [1.165, 1.54) is 36.3 Å². The monoisotopic (exact) mass is 336 g/mol. The first-order chi connectivity index (χ1) is 11.1. The molecule has 0 spiro atoms. The fourth-order valence-corrected chi connectivity index (χ4v) is 3.66. The van der Waals surface area contributed by atoms with E-state index in [-0.39, 0.29) is 29.7 Å². The van der Waals surface area contributed by atoms with Gasteiger partial charge in [-0.25, -0.2) is 0 Å². The van der Waals surface area contributed by atoms with Crippen LogP contribution in [0.1, 0.15) is 42.5 Å². The molecule has 1 saturated carbocycles. The molecule has 1 aliphatic heterocycles. The fourth-order valence-electron chi connectivity index (χ4n) is 3.49. The van der Waals surface area contributed by atoms with E-state index in [0.29, 0.717) is 24.2 Å². The van der Waals surface area contributed by atoms with Crippen molar-refractivity contribution in [3.63, 3.8) is 0 Å². The van der Waals surface area contributed by atoms with Gasteiger partial charge in [0.05, 0.1) is 5.56 Å². The van der Waals surface area contributed by atoms with Gasteiger partial charge in [0.1, 0.15) is 12.3 Å². The molecule has 0 atom stereocenters. The lowest BCUT2D eigenvalue weighted by Gasteiger charge is -2.40. The first-order valence-corrected chi connectivity index (χ1v) is 8.51. The standard InChI is InChI=1S/C17H21ClN2O3/c18-12-6-7-14(15(21)10-12)17(23)19-8-9-20(16(22)11-19)13-4-2-1-3-5-13/h6-7,10,13,21H,1-5,8-9,11H2. The summed E-state index contributed by atoms with van der Waals surface area (Å²) in [5, 5.41) is 10.3. The number of hydrogen-bond acceptors (Lipinski definition) is 3. The Morgan fingerprint density at radius 3 is 2.57 bits per heavy atom. The summed E-state index contributed by atoms with van der Waals surface area (Å²) >= 11 is 5.79. The van der Waals surface area contributed by atoms with Gasteiger partial charge in [-0.2, -0.15) is 0 Å². The minimum atomic E-state index is -0.323. The highest BCUT2D eigenvalue weighted by molar-refractivity contribution is 6.30. The molecule has 1 aromatic rings. The molecule has 2 fully saturated rings. The molecule has 1 heterocycles. The SMILES string of the molecule is O=C(c1ccc(Cl)cc1O)N1CCN(C2CCCCC2)C(=O)C1. The first-order valence-electron chi connectivity index (χ1n) is 8.13. The van der Waals surface area contributed by atoms with Gasteiger partial charge < -0.3 is 14.9 Å². The van der Waals surface area contributed by atoms with E-state index in [1.807, 2.05) is 4.90 Å². The molecule has 5 nitrogen and oxygen atoms in total. The second kappa shape index (κ2) is 6.79. The molecule has 0 bridgehead atoms. The average Bonchev–Trinajstić information content (AvgIpc) is 2.55. The van der Waals surface area contributed by atoms with Crippen molar-refractivity contribution in [2.24, 2.45) is 0 Å². The summed E-state index contributed by atoms with van der Waals surface area (Å²) in [6.45, 7) is 1.16. The second-order valence-corrected chi connectivity index (χ2v) is 6.70. The van der Waals surface area contributed by atoms with Crippen LogP contribution in [0.3, 0.4) is 0 Å². The number of aromatic hydroxyl groups is 1. The Hall–Kier alpha value is -1.75. The van der Waals surface area contributed by atoms with Crippen molar-refractivity contribution in [1.82, 2.24) is 9.80 Å². The zero-order valence-corrected chi connectivity index (χ0v) is 13.8. The number of halogens is 1. The van der Waals surface area contributed by atoms with Gasteiger partial charge in [0, 0.05) is 24.2 Å². The Labute approximate surface area is 140 Å². The van der Waals surface area contributed by atoms with Crippen LogP contribution in [0.15, 0.2) is 18.2 Å².